The molecular formula is C27H21Cl5N2O3. The summed E-state index contributed by atoms with van der Waals surface area (Å²) in [6.45, 7) is 1.47. The van der Waals surface area contributed by atoms with Crippen LogP contribution in [0, 0.1) is 5.92 Å². The van der Waals surface area contributed by atoms with Gasteiger partial charge in [-0.3, -0.25) is 14.4 Å². The van der Waals surface area contributed by atoms with Crippen molar-refractivity contribution in [2.75, 3.05) is 17.3 Å². The van der Waals surface area contributed by atoms with Gasteiger partial charge in [0, 0.05) is 53.3 Å². The molecule has 2 atom stereocenters. The molecule has 1 saturated carbocycles. The number of nitrogens with zero attached hydrogens (tertiary/aromatic N) is 1. The molecule has 3 aromatic carbocycles. The molecule has 0 radical (unpaired) electrons. The van der Waals surface area contributed by atoms with Crippen molar-refractivity contribution in [3.63, 3.8) is 0 Å². The molecule has 0 heterocycles. The molecule has 0 bridgehead atoms. The summed E-state index contributed by atoms with van der Waals surface area (Å²) in [5, 5.41) is 3.88. The van der Waals surface area contributed by atoms with Crippen molar-refractivity contribution in [2.24, 2.45) is 5.92 Å². The van der Waals surface area contributed by atoms with E-state index in [-0.39, 0.29) is 28.7 Å². The molecule has 10 heteroatoms. The van der Waals surface area contributed by atoms with Gasteiger partial charge in [0.25, 0.3) is 0 Å². The number of rotatable bonds is 7. The molecule has 0 saturated heterocycles. The maximum Gasteiger partial charge on any atom is 0.231 e. The van der Waals surface area contributed by atoms with Crippen LogP contribution in [0.3, 0.4) is 0 Å². The van der Waals surface area contributed by atoms with Crippen molar-refractivity contribution >= 4 is 87.0 Å². The Morgan fingerprint density at radius 1 is 0.919 bits per heavy atom. The van der Waals surface area contributed by atoms with Crippen LogP contribution in [0.2, 0.25) is 15.1 Å². The van der Waals surface area contributed by atoms with E-state index in [4.69, 9.17) is 58.0 Å². The van der Waals surface area contributed by atoms with Crippen molar-refractivity contribution < 1.29 is 14.4 Å². The lowest BCUT2D eigenvalue weighted by molar-refractivity contribution is -0.117. The van der Waals surface area contributed by atoms with Gasteiger partial charge in [-0.2, -0.15) is 0 Å². The van der Waals surface area contributed by atoms with Gasteiger partial charge in [-0.1, -0.05) is 46.9 Å². The molecule has 37 heavy (non-hydrogen) atoms. The summed E-state index contributed by atoms with van der Waals surface area (Å²) < 4.78 is -1.33. The molecule has 1 fully saturated rings. The van der Waals surface area contributed by atoms with Gasteiger partial charge in [0.05, 0.1) is 10.9 Å². The fourth-order valence-electron chi connectivity index (χ4n) is 4.16. The number of anilines is 2. The summed E-state index contributed by atoms with van der Waals surface area (Å²) in [6, 6.07) is 16.7. The van der Waals surface area contributed by atoms with Crippen molar-refractivity contribution in [2.45, 2.75) is 23.6 Å². The Kier molecular flexibility index (Phi) is 8.13. The first-order valence-corrected chi connectivity index (χ1v) is 13.1. The zero-order valence-corrected chi connectivity index (χ0v) is 23.5. The zero-order chi connectivity index (χ0) is 27.1. The molecule has 0 spiro atoms. The molecule has 1 N–H and O–H groups in total. The first-order valence-electron chi connectivity index (χ1n) is 11.2. The monoisotopic (exact) mass is 596 g/mol. The van der Waals surface area contributed by atoms with E-state index in [1.165, 1.54) is 17.9 Å². The molecule has 3 aromatic rings. The number of benzene rings is 3. The summed E-state index contributed by atoms with van der Waals surface area (Å²) in [6.07, 6.45) is 0.0912. The van der Waals surface area contributed by atoms with E-state index in [2.05, 4.69) is 5.32 Å². The van der Waals surface area contributed by atoms with Crippen LogP contribution in [-0.2, 0) is 16.0 Å². The largest absolute Gasteiger partial charge is 0.326 e. The maximum atomic E-state index is 13.0. The zero-order valence-electron chi connectivity index (χ0n) is 19.7. The standard InChI is InChI=1S/C27H21Cl5N2O3/c1-14(35)34(2)20-6-3-15(4-7-20)9-23(36)21-13-19(5-8-22(21)30)33-26(37)25-24(27(25,31)32)16-10-17(28)12-18(29)11-16/h3-8,10-13,24-25H,9H2,1-2H3,(H,33,37). The van der Waals surface area contributed by atoms with Crippen LogP contribution in [0.5, 0.6) is 0 Å². The van der Waals surface area contributed by atoms with Crippen LogP contribution < -0.4 is 10.2 Å². The van der Waals surface area contributed by atoms with E-state index in [9.17, 15) is 14.4 Å². The van der Waals surface area contributed by atoms with E-state index < -0.39 is 22.1 Å². The average Bonchev–Trinajstić information content (AvgIpc) is 3.41. The molecule has 5 nitrogen and oxygen atoms in total. The van der Waals surface area contributed by atoms with Crippen molar-refractivity contribution in [3.8, 4) is 0 Å². The molecule has 1 aliphatic carbocycles. The topological polar surface area (TPSA) is 66.5 Å². The fourth-order valence-corrected chi connectivity index (χ4v) is 5.75. The Bertz CT molecular complexity index is 1370. The molecule has 0 aliphatic heterocycles. The van der Waals surface area contributed by atoms with E-state index in [1.807, 2.05) is 0 Å². The lowest BCUT2D eigenvalue weighted by Gasteiger charge is -2.15. The lowest BCUT2D eigenvalue weighted by Crippen LogP contribution is -2.22. The van der Waals surface area contributed by atoms with Crippen LogP contribution in [-0.4, -0.2) is 29.0 Å². The Balaban J connectivity index is 1.47. The number of amides is 2. The number of carbonyl (C=O) groups excluding carboxylic acids is 3. The summed E-state index contributed by atoms with van der Waals surface area (Å²) in [5.74, 6) is -1.96. The highest BCUT2D eigenvalue weighted by atomic mass is 35.5. The van der Waals surface area contributed by atoms with Crippen molar-refractivity contribution in [1.82, 2.24) is 0 Å². The first kappa shape index (κ1) is 27.7. The third-order valence-corrected chi connectivity index (χ3v) is 7.98. The van der Waals surface area contributed by atoms with Crippen LogP contribution in [0.1, 0.15) is 34.3 Å². The number of hydrogen-bond acceptors (Lipinski definition) is 3. The lowest BCUT2D eigenvalue weighted by atomic mass is 10.0. The summed E-state index contributed by atoms with van der Waals surface area (Å²) in [7, 11) is 1.68. The van der Waals surface area contributed by atoms with E-state index in [1.54, 1.807) is 61.6 Å². The summed E-state index contributed by atoms with van der Waals surface area (Å²) in [5.41, 5.74) is 2.79. The average molecular weight is 599 g/mol. The number of hydrogen-bond donors (Lipinski definition) is 1. The predicted octanol–water partition coefficient (Wildman–Crippen LogP) is 7.58. The summed E-state index contributed by atoms with van der Waals surface area (Å²) >= 11 is 31.4. The molecule has 192 valence electrons. The van der Waals surface area contributed by atoms with Crippen molar-refractivity contribution in [1.29, 1.82) is 0 Å². The van der Waals surface area contributed by atoms with Gasteiger partial charge < -0.3 is 10.2 Å². The minimum absolute atomic E-state index is 0.0912. The second kappa shape index (κ2) is 10.8. The number of carbonyl (C=O) groups is 3. The third kappa shape index (κ3) is 6.08. The number of nitrogens with one attached hydrogen (secondary N) is 1. The summed E-state index contributed by atoms with van der Waals surface area (Å²) in [4.78, 5) is 39.1. The van der Waals surface area contributed by atoms with Gasteiger partial charge in [0.2, 0.25) is 11.8 Å². The third-order valence-electron chi connectivity index (χ3n) is 6.27. The molecule has 4 rings (SSSR count). The Hall–Kier alpha value is -2.28. The first-order chi connectivity index (χ1) is 17.4. The van der Waals surface area contributed by atoms with Crippen LogP contribution in [0.15, 0.2) is 60.7 Å². The highest BCUT2D eigenvalue weighted by Crippen LogP contribution is 2.65. The minimum atomic E-state index is -1.33. The van der Waals surface area contributed by atoms with E-state index in [0.717, 1.165) is 11.3 Å². The molecule has 1 aliphatic rings. The highest BCUT2D eigenvalue weighted by molar-refractivity contribution is 6.53. The van der Waals surface area contributed by atoms with Gasteiger partial charge in [0.15, 0.2) is 5.78 Å². The maximum absolute atomic E-state index is 13.0. The highest BCUT2D eigenvalue weighted by Gasteiger charge is 2.67. The number of alkyl halides is 2. The van der Waals surface area contributed by atoms with Gasteiger partial charge in [-0.05, 0) is 59.7 Å². The second-order valence-corrected chi connectivity index (χ2v) is 11.6. The minimum Gasteiger partial charge on any atom is -0.326 e. The van der Waals surface area contributed by atoms with Gasteiger partial charge >= 0.3 is 0 Å². The molecule has 2 unspecified atom stereocenters. The molecule has 0 aromatic heterocycles. The molecule has 2 amide bonds. The quantitative estimate of drug-likeness (QED) is 0.225. The van der Waals surface area contributed by atoms with E-state index >= 15 is 0 Å². The van der Waals surface area contributed by atoms with Crippen LogP contribution in [0.25, 0.3) is 0 Å². The smallest absolute Gasteiger partial charge is 0.231 e. The van der Waals surface area contributed by atoms with E-state index in [0.29, 0.717) is 21.3 Å². The Morgan fingerprint density at radius 2 is 1.54 bits per heavy atom. The second-order valence-electron chi connectivity index (χ2n) is 8.86. The Labute approximate surface area is 239 Å². The van der Waals surface area contributed by atoms with Crippen LogP contribution in [0.4, 0.5) is 11.4 Å². The fraction of sp³-hybridized carbons (Fsp3) is 0.222. The Morgan fingerprint density at radius 3 is 2.14 bits per heavy atom. The number of halogens is 5. The normalized spacial score (nSPS) is 17.7. The SMILES string of the molecule is CC(=O)N(C)c1ccc(CC(=O)c2cc(NC(=O)C3C(c4cc(Cl)cc(Cl)c4)C3(Cl)Cl)ccc2Cl)cc1. The van der Waals surface area contributed by atoms with Gasteiger partial charge in [-0.25, -0.2) is 0 Å². The molecular weight excluding hydrogens is 578 g/mol. The van der Waals surface area contributed by atoms with Gasteiger partial charge in [-0.15, -0.1) is 23.2 Å². The van der Waals surface area contributed by atoms with Crippen molar-refractivity contribution in [3.05, 3.63) is 92.4 Å². The van der Waals surface area contributed by atoms with Gasteiger partial charge in [0.1, 0.15) is 4.33 Å². The van der Waals surface area contributed by atoms with Crippen LogP contribution >= 0.6 is 58.0 Å². The number of Topliss-reactive ketones (excluding diaryl/α,β-unsaturated/α-hetero) is 1. The number of ketones is 1. The predicted molar refractivity (Wildman–Crippen MR) is 151 cm³/mol.